The molecular formula is C40H77O9P. The minimum atomic E-state index is -4.51. The number of esters is 1. The summed E-state index contributed by atoms with van der Waals surface area (Å²) in [5, 5.41) is 18.3. The lowest BCUT2D eigenvalue weighted by atomic mass is 10.1. The maximum atomic E-state index is 12.6. The lowest BCUT2D eigenvalue weighted by Crippen LogP contribution is -2.29. The molecule has 3 N–H and O–H groups in total. The molecule has 9 nitrogen and oxygen atoms in total. The van der Waals surface area contributed by atoms with Gasteiger partial charge in [-0.1, -0.05) is 141 Å². The summed E-state index contributed by atoms with van der Waals surface area (Å²) >= 11 is 0. The molecule has 296 valence electrons. The molecule has 50 heavy (non-hydrogen) atoms. The van der Waals surface area contributed by atoms with Crippen LogP contribution in [0.3, 0.4) is 0 Å². The van der Waals surface area contributed by atoms with Gasteiger partial charge in [0, 0.05) is 13.0 Å². The highest BCUT2D eigenvalue weighted by molar-refractivity contribution is 7.47. The van der Waals surface area contributed by atoms with Crippen molar-refractivity contribution in [1.29, 1.82) is 0 Å². The number of carbonyl (C=O) groups is 1. The van der Waals surface area contributed by atoms with E-state index in [2.05, 4.69) is 38.2 Å². The van der Waals surface area contributed by atoms with E-state index in [0.29, 0.717) is 6.61 Å². The molecule has 3 atom stereocenters. The number of unbranched alkanes of at least 4 members (excludes halogenated alkanes) is 21. The van der Waals surface area contributed by atoms with Crippen LogP contribution in [0.4, 0.5) is 0 Å². The lowest BCUT2D eigenvalue weighted by Gasteiger charge is -2.20. The Bertz CT molecular complexity index is 836. The molecule has 0 amide bonds. The second kappa shape index (κ2) is 37.7. The summed E-state index contributed by atoms with van der Waals surface area (Å²) in [5.74, 6) is -0.389. The van der Waals surface area contributed by atoms with Crippen molar-refractivity contribution in [2.45, 2.75) is 193 Å². The van der Waals surface area contributed by atoms with Crippen molar-refractivity contribution in [2.75, 3.05) is 33.0 Å². The summed E-state index contributed by atoms with van der Waals surface area (Å²) < 4.78 is 33.2. The van der Waals surface area contributed by atoms with E-state index in [4.69, 9.17) is 23.6 Å². The molecule has 0 spiro atoms. The van der Waals surface area contributed by atoms with Crippen molar-refractivity contribution in [2.24, 2.45) is 0 Å². The van der Waals surface area contributed by atoms with Gasteiger partial charge in [0.25, 0.3) is 0 Å². The first-order valence-electron chi connectivity index (χ1n) is 20.3. The molecule has 0 fully saturated rings. The Balaban J connectivity index is 4.17. The van der Waals surface area contributed by atoms with E-state index in [9.17, 15) is 19.4 Å². The number of ether oxygens (including phenoxy) is 2. The van der Waals surface area contributed by atoms with Gasteiger partial charge in [0.1, 0.15) is 12.2 Å². The van der Waals surface area contributed by atoms with Crippen LogP contribution in [0.1, 0.15) is 181 Å². The standard InChI is InChI=1S/C40H77O9P/c1-3-5-7-9-11-13-15-16-17-18-19-20-21-22-24-26-28-30-32-40(43)49-39(37-48-50(44,45)47-35-38(42)34-41)36-46-33-31-29-27-25-23-14-12-10-8-6-4-2/h8,10,17-18,38-39,41-42H,3-7,9,11-16,19-37H2,1-2H3,(H,44,45)/b10-8-,18-17-. The van der Waals surface area contributed by atoms with Crippen molar-refractivity contribution in [3.63, 3.8) is 0 Å². The Hall–Kier alpha value is -1.06. The number of hydrogen-bond acceptors (Lipinski definition) is 8. The smallest absolute Gasteiger partial charge is 0.457 e. The van der Waals surface area contributed by atoms with Crippen LogP contribution in [0, 0.1) is 0 Å². The van der Waals surface area contributed by atoms with E-state index in [1.807, 2.05) is 0 Å². The molecule has 0 aromatic rings. The Kier molecular flexibility index (Phi) is 36.9. The number of carbonyl (C=O) groups excluding carboxylic acids is 1. The van der Waals surface area contributed by atoms with Crippen molar-refractivity contribution < 1.29 is 43.0 Å². The molecule has 0 aliphatic carbocycles. The van der Waals surface area contributed by atoms with Gasteiger partial charge in [-0.05, 0) is 57.8 Å². The fourth-order valence-electron chi connectivity index (χ4n) is 5.47. The predicted octanol–water partition coefficient (Wildman–Crippen LogP) is 10.7. The average molecular weight is 733 g/mol. The second-order valence-electron chi connectivity index (χ2n) is 13.6. The maximum Gasteiger partial charge on any atom is 0.472 e. The number of hydrogen-bond donors (Lipinski definition) is 3. The van der Waals surface area contributed by atoms with Gasteiger partial charge in [-0.25, -0.2) is 4.57 Å². The first kappa shape index (κ1) is 48.9. The summed E-state index contributed by atoms with van der Waals surface area (Å²) in [7, 11) is -4.51. The number of phosphoric ester groups is 1. The first-order chi connectivity index (χ1) is 24.3. The third kappa shape index (κ3) is 36.7. The number of phosphoric acid groups is 1. The minimum absolute atomic E-state index is 0.0451. The Morgan fingerprint density at radius 3 is 1.58 bits per heavy atom. The van der Waals surface area contributed by atoms with Gasteiger partial charge in [0.05, 0.1) is 26.4 Å². The van der Waals surface area contributed by atoms with Gasteiger partial charge in [0.15, 0.2) is 0 Å². The van der Waals surface area contributed by atoms with E-state index < -0.39 is 33.2 Å². The van der Waals surface area contributed by atoms with Crippen molar-refractivity contribution in [3.05, 3.63) is 24.3 Å². The highest BCUT2D eigenvalue weighted by Crippen LogP contribution is 2.43. The number of rotatable bonds is 39. The quantitative estimate of drug-likeness (QED) is 0.0244. The molecule has 0 bridgehead atoms. The van der Waals surface area contributed by atoms with E-state index in [1.165, 1.54) is 96.3 Å². The molecule has 0 saturated carbocycles. The Labute approximate surface area is 306 Å². The molecular weight excluding hydrogens is 655 g/mol. The number of aliphatic hydroxyl groups is 2. The summed E-state index contributed by atoms with van der Waals surface area (Å²) in [6, 6.07) is 0. The van der Waals surface area contributed by atoms with Gasteiger partial charge < -0.3 is 24.6 Å². The third-order valence-corrected chi connectivity index (χ3v) is 9.54. The lowest BCUT2D eigenvalue weighted by molar-refractivity contribution is -0.154. The van der Waals surface area contributed by atoms with Crippen LogP contribution in [0.25, 0.3) is 0 Å². The van der Waals surface area contributed by atoms with Crippen LogP contribution in [0.15, 0.2) is 24.3 Å². The molecule has 0 aromatic heterocycles. The summed E-state index contributed by atoms with van der Waals surface area (Å²) in [5.41, 5.74) is 0. The predicted molar refractivity (Wildman–Crippen MR) is 205 cm³/mol. The average Bonchev–Trinajstić information content (AvgIpc) is 3.10. The first-order valence-corrected chi connectivity index (χ1v) is 21.8. The summed E-state index contributed by atoms with van der Waals surface area (Å²) in [4.78, 5) is 22.5. The van der Waals surface area contributed by atoms with E-state index in [-0.39, 0.29) is 25.6 Å². The van der Waals surface area contributed by atoms with Gasteiger partial charge >= 0.3 is 13.8 Å². The zero-order valence-corrected chi connectivity index (χ0v) is 33.0. The fraction of sp³-hybridized carbons (Fsp3) is 0.875. The Morgan fingerprint density at radius 2 is 1.06 bits per heavy atom. The van der Waals surface area contributed by atoms with Crippen molar-refractivity contribution in [1.82, 2.24) is 0 Å². The molecule has 0 saturated heterocycles. The normalized spacial score (nSPS) is 14.4. The van der Waals surface area contributed by atoms with Gasteiger partial charge in [-0.15, -0.1) is 0 Å². The topological polar surface area (TPSA) is 132 Å². The minimum Gasteiger partial charge on any atom is -0.457 e. The van der Waals surface area contributed by atoms with Gasteiger partial charge in [0.2, 0.25) is 0 Å². The second-order valence-corrected chi connectivity index (χ2v) is 15.1. The monoisotopic (exact) mass is 733 g/mol. The zero-order chi connectivity index (χ0) is 36.8. The van der Waals surface area contributed by atoms with Crippen molar-refractivity contribution in [3.8, 4) is 0 Å². The van der Waals surface area contributed by atoms with Crippen LogP contribution >= 0.6 is 7.82 Å². The zero-order valence-electron chi connectivity index (χ0n) is 32.1. The highest BCUT2D eigenvalue weighted by atomic mass is 31.2. The van der Waals surface area contributed by atoms with Crippen LogP contribution < -0.4 is 0 Å². The fourth-order valence-corrected chi connectivity index (χ4v) is 6.26. The van der Waals surface area contributed by atoms with Crippen LogP contribution in [-0.2, 0) is 27.9 Å². The van der Waals surface area contributed by atoms with Crippen LogP contribution in [0.2, 0.25) is 0 Å². The third-order valence-electron chi connectivity index (χ3n) is 8.59. The van der Waals surface area contributed by atoms with Gasteiger partial charge in [-0.3, -0.25) is 13.8 Å². The SMILES string of the molecule is CCC/C=C\CCCCCCCCOCC(COP(=O)(O)OCC(O)CO)OC(=O)CCCCCCCCC/C=C\CCCCCCCCC. The van der Waals surface area contributed by atoms with Crippen LogP contribution in [0.5, 0.6) is 0 Å². The summed E-state index contributed by atoms with van der Waals surface area (Å²) in [6.07, 6.45) is 37.1. The molecule has 10 heteroatoms. The molecule has 3 unspecified atom stereocenters. The van der Waals surface area contributed by atoms with Gasteiger partial charge in [-0.2, -0.15) is 0 Å². The van der Waals surface area contributed by atoms with E-state index in [1.54, 1.807) is 0 Å². The van der Waals surface area contributed by atoms with Crippen molar-refractivity contribution >= 4 is 13.8 Å². The summed E-state index contributed by atoms with van der Waals surface area (Å²) in [6.45, 7) is 3.45. The molecule has 0 aliphatic rings. The molecule has 0 radical (unpaired) electrons. The van der Waals surface area contributed by atoms with Crippen LogP contribution in [-0.4, -0.2) is 66.3 Å². The highest BCUT2D eigenvalue weighted by Gasteiger charge is 2.26. The largest absolute Gasteiger partial charge is 0.472 e. The number of allylic oxidation sites excluding steroid dienone is 4. The molecule has 0 heterocycles. The Morgan fingerprint density at radius 1 is 0.600 bits per heavy atom. The maximum absolute atomic E-state index is 12.6. The molecule has 0 rings (SSSR count). The molecule has 0 aliphatic heterocycles. The number of aliphatic hydroxyl groups excluding tert-OH is 2. The van der Waals surface area contributed by atoms with E-state index >= 15 is 0 Å². The van der Waals surface area contributed by atoms with E-state index in [0.717, 1.165) is 64.2 Å². The molecule has 0 aromatic carbocycles.